The number of hydrogen-bond acceptors (Lipinski definition) is 9. The molecule has 0 spiro atoms. The van der Waals surface area contributed by atoms with Crippen molar-refractivity contribution in [1.82, 2.24) is 35.5 Å². The van der Waals surface area contributed by atoms with Crippen LogP contribution < -0.4 is 20.9 Å². The molecular formula is C22H26N10O2. The number of carbonyl (C=O) groups excluding carboxylic acids is 2. The zero-order chi connectivity index (χ0) is 26.6. The fourth-order valence-electron chi connectivity index (χ4n) is 4.06. The van der Waals surface area contributed by atoms with E-state index in [2.05, 4.69) is 36.0 Å². The molecule has 3 N–H and O–H groups in total. The molecule has 12 nitrogen and oxygen atoms in total. The van der Waals surface area contributed by atoms with Gasteiger partial charge in [-0.2, -0.15) is 15.0 Å². The normalized spacial score (nSPS) is 18.2. The second-order valence-electron chi connectivity index (χ2n) is 8.56. The smallest absolute Gasteiger partial charge is 0.273 e. The van der Waals surface area contributed by atoms with Crippen molar-refractivity contribution in [2.75, 3.05) is 29.6 Å². The van der Waals surface area contributed by atoms with Gasteiger partial charge in [-0.1, -0.05) is 0 Å². The quantitative estimate of drug-likeness (QED) is 0.515. The molecule has 3 aromatic heterocycles. The summed E-state index contributed by atoms with van der Waals surface area (Å²) < 4.78 is 22.2. The van der Waals surface area contributed by atoms with Crippen molar-refractivity contribution in [2.24, 2.45) is 13.0 Å². The SMILES string of the molecule is [2H]C([2H])([2H])NC(=O)c1nnc(NC(=O)C2CC2)cc1Nc1ncc(C)c2c1N(C)[C@@H](C)c1nn(C)nc1-2. The molecule has 0 saturated heterocycles. The summed E-state index contributed by atoms with van der Waals surface area (Å²) in [6, 6.07) is 1.32. The topological polar surface area (TPSA) is 143 Å². The Morgan fingerprint density at radius 1 is 1.21 bits per heavy atom. The first-order valence-electron chi connectivity index (χ1n) is 12.3. The monoisotopic (exact) mass is 465 g/mol. The van der Waals surface area contributed by atoms with Crippen LogP contribution in [0.2, 0.25) is 0 Å². The standard InChI is InChI=1S/C22H26N10O2/c1-10-9-24-20(19-15(10)18-16(11(2)31(19)4)29-32(5)30-18)25-13-8-14(26-21(33)12-6-7-12)27-28-17(13)22(34)23-3/h8-9,11-12H,6-7H2,1-5H3,(H,23,34)(H2,24,25,26,27,33)/t11-/m0/s1/i3D3. The maximum atomic E-state index is 12.8. The molecule has 0 radical (unpaired) electrons. The van der Waals surface area contributed by atoms with Gasteiger partial charge in [-0.15, -0.1) is 10.2 Å². The Bertz CT molecular complexity index is 1420. The van der Waals surface area contributed by atoms with Crippen LogP contribution in [0.15, 0.2) is 12.3 Å². The van der Waals surface area contributed by atoms with Crippen LogP contribution in [0.5, 0.6) is 0 Å². The first kappa shape index (κ1) is 18.3. The van der Waals surface area contributed by atoms with Gasteiger partial charge in [0.1, 0.15) is 11.4 Å². The molecular weight excluding hydrogens is 436 g/mol. The van der Waals surface area contributed by atoms with Gasteiger partial charge in [0.25, 0.3) is 5.91 Å². The first-order valence-corrected chi connectivity index (χ1v) is 10.8. The number of aryl methyl sites for hydroxylation is 2. The summed E-state index contributed by atoms with van der Waals surface area (Å²) in [5.41, 5.74) is 3.87. The van der Waals surface area contributed by atoms with Gasteiger partial charge < -0.3 is 20.9 Å². The molecule has 2 amide bonds. The summed E-state index contributed by atoms with van der Waals surface area (Å²) in [4.78, 5) is 33.2. The third-order valence-electron chi connectivity index (χ3n) is 6.12. The fourth-order valence-corrected chi connectivity index (χ4v) is 4.06. The number of carbonyl (C=O) groups is 2. The Morgan fingerprint density at radius 3 is 2.74 bits per heavy atom. The molecule has 12 heteroatoms. The Balaban J connectivity index is 1.59. The van der Waals surface area contributed by atoms with E-state index in [1.165, 1.54) is 10.9 Å². The van der Waals surface area contributed by atoms with E-state index in [0.29, 0.717) is 5.82 Å². The van der Waals surface area contributed by atoms with Gasteiger partial charge in [-0.05, 0) is 32.3 Å². The van der Waals surface area contributed by atoms with Crippen LogP contribution in [0.4, 0.5) is 23.0 Å². The lowest BCUT2D eigenvalue weighted by atomic mass is 9.95. The van der Waals surface area contributed by atoms with Crippen molar-refractivity contribution in [3.8, 4) is 11.3 Å². The predicted octanol–water partition coefficient (Wildman–Crippen LogP) is 1.94. The number of pyridine rings is 1. The van der Waals surface area contributed by atoms with Crippen molar-refractivity contribution in [1.29, 1.82) is 0 Å². The summed E-state index contributed by atoms with van der Waals surface area (Å²) in [5.74, 6) is -0.687. The molecule has 4 heterocycles. The van der Waals surface area contributed by atoms with Crippen LogP contribution in [0.1, 0.15) is 51.7 Å². The zero-order valence-corrected chi connectivity index (χ0v) is 19.2. The van der Waals surface area contributed by atoms with Crippen LogP contribution in [-0.2, 0) is 11.8 Å². The van der Waals surface area contributed by atoms with Gasteiger partial charge in [-0.3, -0.25) is 9.59 Å². The Hall–Kier alpha value is -4.09. The lowest BCUT2D eigenvalue weighted by Gasteiger charge is -2.34. The highest BCUT2D eigenvalue weighted by Crippen LogP contribution is 2.47. The summed E-state index contributed by atoms with van der Waals surface area (Å²) in [6.07, 6.45) is 3.28. The second kappa shape index (κ2) is 8.04. The summed E-state index contributed by atoms with van der Waals surface area (Å²) >= 11 is 0. The zero-order valence-electron chi connectivity index (χ0n) is 22.2. The van der Waals surface area contributed by atoms with Crippen LogP contribution >= 0.6 is 0 Å². The van der Waals surface area contributed by atoms with Crippen molar-refractivity contribution in [3.05, 3.63) is 29.2 Å². The molecule has 5 rings (SSSR count). The lowest BCUT2D eigenvalue weighted by Crippen LogP contribution is -2.28. The summed E-state index contributed by atoms with van der Waals surface area (Å²) in [5, 5.41) is 24.7. The van der Waals surface area contributed by atoms with Crippen LogP contribution in [0.3, 0.4) is 0 Å². The average Bonchev–Trinajstić information content (AvgIpc) is 3.59. The Labute approximate surface area is 200 Å². The minimum atomic E-state index is -2.73. The third kappa shape index (κ3) is 3.60. The molecule has 0 aromatic carbocycles. The highest BCUT2D eigenvalue weighted by molar-refractivity contribution is 6.00. The molecule has 0 bridgehead atoms. The van der Waals surface area contributed by atoms with E-state index in [4.69, 9.17) is 4.11 Å². The molecule has 34 heavy (non-hydrogen) atoms. The van der Waals surface area contributed by atoms with Crippen molar-refractivity contribution < 1.29 is 13.7 Å². The molecule has 1 saturated carbocycles. The maximum Gasteiger partial charge on any atom is 0.273 e. The van der Waals surface area contributed by atoms with E-state index in [1.54, 1.807) is 13.2 Å². The largest absolute Gasteiger partial charge is 0.363 e. The molecule has 1 aliphatic heterocycles. The third-order valence-corrected chi connectivity index (χ3v) is 6.12. The number of anilines is 4. The molecule has 3 aromatic rings. The highest BCUT2D eigenvalue weighted by Gasteiger charge is 2.34. The van der Waals surface area contributed by atoms with E-state index in [0.717, 1.165) is 41.0 Å². The van der Waals surface area contributed by atoms with Gasteiger partial charge >= 0.3 is 0 Å². The van der Waals surface area contributed by atoms with Gasteiger partial charge in [0, 0.05) is 48.9 Å². The van der Waals surface area contributed by atoms with E-state index < -0.39 is 12.9 Å². The van der Waals surface area contributed by atoms with Crippen molar-refractivity contribution in [3.63, 3.8) is 0 Å². The van der Waals surface area contributed by atoms with Gasteiger partial charge in [0.2, 0.25) is 5.91 Å². The minimum absolute atomic E-state index is 0.0705. The number of nitrogens with one attached hydrogen (secondary N) is 3. The lowest BCUT2D eigenvalue weighted by molar-refractivity contribution is -0.117. The Kier molecular flexibility index (Phi) is 4.34. The number of hydrogen-bond donors (Lipinski definition) is 3. The van der Waals surface area contributed by atoms with E-state index in [9.17, 15) is 9.59 Å². The number of rotatable bonds is 5. The van der Waals surface area contributed by atoms with E-state index >= 15 is 0 Å². The molecule has 0 unspecified atom stereocenters. The fraction of sp³-hybridized carbons (Fsp3) is 0.409. The van der Waals surface area contributed by atoms with Crippen LogP contribution in [0, 0.1) is 12.8 Å². The first-order chi connectivity index (χ1) is 17.4. The second-order valence-corrected chi connectivity index (χ2v) is 8.56. The van der Waals surface area contributed by atoms with Gasteiger partial charge in [-0.25, -0.2) is 4.98 Å². The molecule has 2 aliphatic rings. The van der Waals surface area contributed by atoms with Crippen LogP contribution in [-0.4, -0.2) is 56.0 Å². The molecule has 1 aliphatic carbocycles. The maximum absolute atomic E-state index is 12.8. The molecule has 1 atom stereocenters. The number of aromatic nitrogens is 6. The average molecular weight is 466 g/mol. The number of fused-ring (bicyclic) bond motifs is 3. The van der Waals surface area contributed by atoms with Gasteiger partial charge in [0.15, 0.2) is 17.3 Å². The van der Waals surface area contributed by atoms with E-state index in [-0.39, 0.29) is 35.1 Å². The van der Waals surface area contributed by atoms with Crippen molar-refractivity contribution >= 4 is 34.8 Å². The number of nitrogens with zero attached hydrogens (tertiary/aromatic N) is 7. The van der Waals surface area contributed by atoms with Crippen LogP contribution in [0.25, 0.3) is 11.3 Å². The minimum Gasteiger partial charge on any atom is -0.363 e. The summed E-state index contributed by atoms with van der Waals surface area (Å²) in [7, 11) is 3.66. The molecule has 176 valence electrons. The van der Waals surface area contributed by atoms with Gasteiger partial charge in [0.05, 0.1) is 17.4 Å². The van der Waals surface area contributed by atoms with E-state index in [1.807, 2.05) is 31.1 Å². The summed E-state index contributed by atoms with van der Waals surface area (Å²) in [6.45, 7) is 1.19. The number of amides is 2. The Morgan fingerprint density at radius 2 is 2.00 bits per heavy atom. The highest BCUT2D eigenvalue weighted by atomic mass is 16.2. The molecule has 1 fully saturated rings. The van der Waals surface area contributed by atoms with Crippen molar-refractivity contribution in [2.45, 2.75) is 32.7 Å². The predicted molar refractivity (Wildman–Crippen MR) is 126 cm³/mol.